The number of ether oxygens (including phenoxy) is 1. The van der Waals surface area contributed by atoms with E-state index in [-0.39, 0.29) is 6.61 Å². The molecule has 0 aliphatic carbocycles. The Bertz CT molecular complexity index is 494. The summed E-state index contributed by atoms with van der Waals surface area (Å²) in [5.74, 6) is 1.33. The third kappa shape index (κ3) is 1.77. The molecule has 0 aliphatic rings. The number of hydrogen-bond acceptors (Lipinski definition) is 4. The lowest BCUT2D eigenvalue weighted by atomic mass is 10.2. The highest BCUT2D eigenvalue weighted by molar-refractivity contribution is 5.45. The summed E-state index contributed by atoms with van der Waals surface area (Å²) in [6.07, 6.45) is 1.58. The van der Waals surface area contributed by atoms with E-state index >= 15 is 0 Å². The summed E-state index contributed by atoms with van der Waals surface area (Å²) in [4.78, 5) is 0. The first-order chi connectivity index (χ1) is 7.76. The van der Waals surface area contributed by atoms with Crippen LogP contribution in [0.2, 0.25) is 0 Å². The molecule has 5 nitrogen and oxygen atoms in total. The maximum absolute atomic E-state index is 9.11. The third-order valence-electron chi connectivity index (χ3n) is 2.42. The van der Waals surface area contributed by atoms with Crippen molar-refractivity contribution in [2.75, 3.05) is 7.11 Å². The zero-order valence-electron chi connectivity index (χ0n) is 9.21. The minimum Gasteiger partial charge on any atom is -0.497 e. The number of methoxy groups -OCH3 is 1. The molecule has 2 aromatic rings. The van der Waals surface area contributed by atoms with Gasteiger partial charge in [-0.2, -0.15) is 0 Å². The van der Waals surface area contributed by atoms with Gasteiger partial charge < -0.3 is 9.84 Å². The Kier molecular flexibility index (Phi) is 2.87. The topological polar surface area (TPSA) is 60.2 Å². The molecule has 0 unspecified atom stereocenters. The zero-order chi connectivity index (χ0) is 11.5. The molecule has 0 atom stereocenters. The van der Waals surface area contributed by atoms with Crippen molar-refractivity contribution in [3.05, 3.63) is 35.9 Å². The smallest absolute Gasteiger partial charge is 0.163 e. The quantitative estimate of drug-likeness (QED) is 0.839. The monoisotopic (exact) mass is 219 g/mol. The standard InChI is InChI=1S/C11H13N3O2/c1-8-5-9(16-2)3-4-10(8)14-7-12-13-11(14)6-15/h3-5,7,15H,6H2,1-2H3. The van der Waals surface area contributed by atoms with Crippen LogP contribution in [0, 0.1) is 6.92 Å². The van der Waals surface area contributed by atoms with Gasteiger partial charge in [0.15, 0.2) is 5.82 Å². The maximum Gasteiger partial charge on any atom is 0.163 e. The molecule has 1 heterocycles. The molecule has 0 saturated heterocycles. The minimum atomic E-state index is -0.133. The summed E-state index contributed by atoms with van der Waals surface area (Å²) in [5.41, 5.74) is 1.98. The van der Waals surface area contributed by atoms with Crippen LogP contribution in [0.25, 0.3) is 5.69 Å². The molecule has 16 heavy (non-hydrogen) atoms. The SMILES string of the molecule is COc1ccc(-n2cnnc2CO)c(C)c1. The van der Waals surface area contributed by atoms with Gasteiger partial charge in [0.05, 0.1) is 12.8 Å². The van der Waals surface area contributed by atoms with Crippen LogP contribution in [0.15, 0.2) is 24.5 Å². The number of aryl methyl sites for hydroxylation is 1. The molecule has 0 aliphatic heterocycles. The molecule has 1 N–H and O–H groups in total. The van der Waals surface area contributed by atoms with E-state index in [1.165, 1.54) is 0 Å². The van der Waals surface area contributed by atoms with Crippen molar-refractivity contribution in [3.8, 4) is 11.4 Å². The van der Waals surface area contributed by atoms with Gasteiger partial charge in [-0.3, -0.25) is 4.57 Å². The Morgan fingerprint density at radius 3 is 2.88 bits per heavy atom. The first kappa shape index (κ1) is 10.6. The largest absolute Gasteiger partial charge is 0.497 e. The van der Waals surface area contributed by atoms with Gasteiger partial charge in [-0.05, 0) is 30.7 Å². The molecular weight excluding hydrogens is 206 g/mol. The molecule has 1 aromatic carbocycles. The van der Waals surface area contributed by atoms with E-state index in [1.807, 2.05) is 25.1 Å². The van der Waals surface area contributed by atoms with E-state index < -0.39 is 0 Å². The third-order valence-corrected chi connectivity index (χ3v) is 2.42. The number of aliphatic hydroxyl groups is 1. The van der Waals surface area contributed by atoms with E-state index in [4.69, 9.17) is 9.84 Å². The summed E-state index contributed by atoms with van der Waals surface area (Å²) in [6, 6.07) is 5.71. The van der Waals surface area contributed by atoms with E-state index in [1.54, 1.807) is 18.0 Å². The predicted octanol–water partition coefficient (Wildman–Crippen LogP) is 1.08. The molecule has 1 aromatic heterocycles. The molecule has 0 amide bonds. The highest BCUT2D eigenvalue weighted by Crippen LogP contribution is 2.20. The van der Waals surface area contributed by atoms with Crippen LogP contribution in [-0.4, -0.2) is 27.0 Å². The van der Waals surface area contributed by atoms with Crippen molar-refractivity contribution in [1.82, 2.24) is 14.8 Å². The predicted molar refractivity (Wildman–Crippen MR) is 58.6 cm³/mol. The fraction of sp³-hybridized carbons (Fsp3) is 0.273. The fourth-order valence-corrected chi connectivity index (χ4v) is 1.59. The van der Waals surface area contributed by atoms with Crippen LogP contribution in [0.3, 0.4) is 0 Å². The van der Waals surface area contributed by atoms with Crippen LogP contribution in [0.1, 0.15) is 11.4 Å². The number of nitrogens with zero attached hydrogens (tertiary/aromatic N) is 3. The van der Waals surface area contributed by atoms with Gasteiger partial charge in [-0.1, -0.05) is 0 Å². The molecule has 0 saturated carbocycles. The van der Waals surface area contributed by atoms with Gasteiger partial charge in [0, 0.05) is 0 Å². The Morgan fingerprint density at radius 2 is 2.25 bits per heavy atom. The van der Waals surface area contributed by atoms with Crippen LogP contribution < -0.4 is 4.74 Å². The van der Waals surface area contributed by atoms with Gasteiger partial charge >= 0.3 is 0 Å². The number of hydrogen-bond donors (Lipinski definition) is 1. The van der Waals surface area contributed by atoms with Crippen LogP contribution in [0.5, 0.6) is 5.75 Å². The average Bonchev–Trinajstić information content (AvgIpc) is 2.76. The van der Waals surface area contributed by atoms with Crippen molar-refractivity contribution in [2.45, 2.75) is 13.5 Å². The first-order valence-electron chi connectivity index (χ1n) is 4.91. The van der Waals surface area contributed by atoms with Gasteiger partial charge in [-0.15, -0.1) is 10.2 Å². The van der Waals surface area contributed by atoms with Crippen LogP contribution >= 0.6 is 0 Å². The highest BCUT2D eigenvalue weighted by atomic mass is 16.5. The second-order valence-electron chi connectivity index (χ2n) is 3.43. The summed E-state index contributed by atoms with van der Waals surface area (Å²) < 4.78 is 6.89. The number of aromatic nitrogens is 3. The summed E-state index contributed by atoms with van der Waals surface area (Å²) >= 11 is 0. The van der Waals surface area contributed by atoms with Crippen LogP contribution in [0.4, 0.5) is 0 Å². The summed E-state index contributed by atoms with van der Waals surface area (Å²) in [6.45, 7) is 1.84. The van der Waals surface area contributed by atoms with E-state index in [0.717, 1.165) is 17.0 Å². The van der Waals surface area contributed by atoms with Crippen molar-refractivity contribution in [3.63, 3.8) is 0 Å². The zero-order valence-corrected chi connectivity index (χ0v) is 9.21. The first-order valence-corrected chi connectivity index (χ1v) is 4.91. The lowest BCUT2D eigenvalue weighted by Gasteiger charge is -2.09. The van der Waals surface area contributed by atoms with Crippen molar-refractivity contribution < 1.29 is 9.84 Å². The minimum absolute atomic E-state index is 0.133. The highest BCUT2D eigenvalue weighted by Gasteiger charge is 2.07. The Hall–Kier alpha value is -1.88. The Morgan fingerprint density at radius 1 is 1.44 bits per heavy atom. The number of rotatable bonds is 3. The molecule has 5 heteroatoms. The molecule has 0 radical (unpaired) electrons. The summed E-state index contributed by atoms with van der Waals surface area (Å²) in [7, 11) is 1.63. The fourth-order valence-electron chi connectivity index (χ4n) is 1.59. The maximum atomic E-state index is 9.11. The Labute approximate surface area is 93.3 Å². The molecule has 0 fully saturated rings. The Balaban J connectivity index is 2.48. The normalized spacial score (nSPS) is 10.4. The second kappa shape index (κ2) is 4.32. The molecule has 2 rings (SSSR count). The second-order valence-corrected chi connectivity index (χ2v) is 3.43. The number of benzene rings is 1. The van der Waals surface area contributed by atoms with Crippen molar-refractivity contribution in [2.24, 2.45) is 0 Å². The molecular formula is C11H13N3O2. The lowest BCUT2D eigenvalue weighted by Crippen LogP contribution is -2.02. The lowest BCUT2D eigenvalue weighted by molar-refractivity contribution is 0.269. The summed E-state index contributed by atoms with van der Waals surface area (Å²) in [5, 5.41) is 16.7. The van der Waals surface area contributed by atoms with Gasteiger partial charge in [-0.25, -0.2) is 0 Å². The van der Waals surface area contributed by atoms with Gasteiger partial charge in [0.1, 0.15) is 18.7 Å². The van der Waals surface area contributed by atoms with E-state index in [9.17, 15) is 0 Å². The van der Waals surface area contributed by atoms with Crippen molar-refractivity contribution in [1.29, 1.82) is 0 Å². The number of aliphatic hydroxyl groups excluding tert-OH is 1. The van der Waals surface area contributed by atoms with E-state index in [2.05, 4.69) is 10.2 Å². The van der Waals surface area contributed by atoms with Gasteiger partial charge in [0.2, 0.25) is 0 Å². The average molecular weight is 219 g/mol. The molecule has 84 valence electrons. The van der Waals surface area contributed by atoms with Gasteiger partial charge in [0.25, 0.3) is 0 Å². The molecule has 0 bridgehead atoms. The van der Waals surface area contributed by atoms with Crippen molar-refractivity contribution >= 4 is 0 Å². The molecule has 0 spiro atoms. The van der Waals surface area contributed by atoms with E-state index in [0.29, 0.717) is 5.82 Å². The van der Waals surface area contributed by atoms with Crippen LogP contribution in [-0.2, 0) is 6.61 Å².